The number of esters is 1. The molecule has 22 heavy (non-hydrogen) atoms. The van der Waals surface area contributed by atoms with Gasteiger partial charge >= 0.3 is 5.97 Å². The van der Waals surface area contributed by atoms with Crippen LogP contribution in [0.5, 0.6) is 0 Å². The summed E-state index contributed by atoms with van der Waals surface area (Å²) in [6, 6.07) is 11.3. The average molecular weight is 300 g/mol. The van der Waals surface area contributed by atoms with Gasteiger partial charge in [0.15, 0.2) is 6.61 Å². The van der Waals surface area contributed by atoms with E-state index >= 15 is 0 Å². The van der Waals surface area contributed by atoms with Gasteiger partial charge < -0.3 is 10.1 Å². The van der Waals surface area contributed by atoms with E-state index in [9.17, 15) is 9.59 Å². The van der Waals surface area contributed by atoms with Gasteiger partial charge in [-0.2, -0.15) is 5.26 Å². The van der Waals surface area contributed by atoms with Gasteiger partial charge in [0.25, 0.3) is 5.91 Å². The molecule has 0 bridgehead atoms. The van der Waals surface area contributed by atoms with Gasteiger partial charge in [0.2, 0.25) is 0 Å². The molecular formula is C17H20N2O3. The highest BCUT2D eigenvalue weighted by Gasteiger charge is 2.30. The van der Waals surface area contributed by atoms with Crippen LogP contribution in [0.1, 0.15) is 26.3 Å². The molecule has 0 aliphatic carbocycles. The fourth-order valence-electron chi connectivity index (χ4n) is 1.54. The molecule has 116 valence electrons. The summed E-state index contributed by atoms with van der Waals surface area (Å²) in [7, 11) is 0. The number of rotatable bonds is 6. The third-order valence-electron chi connectivity index (χ3n) is 3.34. The van der Waals surface area contributed by atoms with Crippen molar-refractivity contribution in [3.63, 3.8) is 0 Å². The fourth-order valence-corrected chi connectivity index (χ4v) is 1.54. The molecule has 0 unspecified atom stereocenters. The van der Waals surface area contributed by atoms with E-state index in [1.54, 1.807) is 13.0 Å². The molecule has 1 aromatic carbocycles. The van der Waals surface area contributed by atoms with Crippen LogP contribution in [-0.2, 0) is 14.3 Å². The zero-order valence-electron chi connectivity index (χ0n) is 13.0. The molecule has 5 nitrogen and oxygen atoms in total. The van der Waals surface area contributed by atoms with Crippen LogP contribution in [0.15, 0.2) is 36.4 Å². The van der Waals surface area contributed by atoms with Crippen LogP contribution in [0.3, 0.4) is 0 Å². The number of amides is 1. The van der Waals surface area contributed by atoms with Crippen LogP contribution in [0.4, 0.5) is 0 Å². The highest BCUT2D eigenvalue weighted by atomic mass is 16.5. The topological polar surface area (TPSA) is 79.2 Å². The zero-order valence-corrected chi connectivity index (χ0v) is 13.0. The summed E-state index contributed by atoms with van der Waals surface area (Å²) < 4.78 is 4.85. The smallest absolute Gasteiger partial charge is 0.331 e. The molecular weight excluding hydrogens is 280 g/mol. The third kappa shape index (κ3) is 5.41. The Morgan fingerprint density at radius 2 is 2.00 bits per heavy atom. The van der Waals surface area contributed by atoms with E-state index in [4.69, 9.17) is 10.00 Å². The van der Waals surface area contributed by atoms with E-state index in [1.165, 1.54) is 6.08 Å². The van der Waals surface area contributed by atoms with Gasteiger partial charge in [0.05, 0.1) is 6.07 Å². The lowest BCUT2D eigenvalue weighted by Crippen LogP contribution is -2.50. The summed E-state index contributed by atoms with van der Waals surface area (Å²) in [5.74, 6) is -1.17. The molecule has 0 saturated heterocycles. The number of hydrogen-bond acceptors (Lipinski definition) is 4. The Morgan fingerprint density at radius 1 is 1.36 bits per heavy atom. The van der Waals surface area contributed by atoms with Crippen molar-refractivity contribution in [3.05, 3.63) is 42.0 Å². The van der Waals surface area contributed by atoms with Crippen molar-refractivity contribution in [1.82, 2.24) is 5.32 Å². The Hall–Kier alpha value is -2.61. The van der Waals surface area contributed by atoms with Crippen LogP contribution in [0.25, 0.3) is 6.08 Å². The standard InChI is InChI=1S/C17H20N2O3/c1-13(2)17(3,12-18)19-15(20)11-22-16(21)10-9-14-7-5-4-6-8-14/h4-10,13H,11H2,1-3H3,(H,19,20)/b10-9+/t17-/m0/s1. The molecule has 1 atom stereocenters. The predicted octanol–water partition coefficient (Wildman–Crippen LogP) is 2.30. The summed E-state index contributed by atoms with van der Waals surface area (Å²) in [5, 5.41) is 11.7. The minimum absolute atomic E-state index is 0.0601. The van der Waals surface area contributed by atoms with Crippen molar-refractivity contribution in [2.75, 3.05) is 6.61 Å². The fraction of sp³-hybridized carbons (Fsp3) is 0.353. The first-order valence-corrected chi connectivity index (χ1v) is 6.99. The number of hydrogen-bond donors (Lipinski definition) is 1. The lowest BCUT2D eigenvalue weighted by atomic mass is 9.90. The Bertz CT molecular complexity index is 588. The second-order valence-electron chi connectivity index (χ2n) is 5.37. The predicted molar refractivity (Wildman–Crippen MR) is 83.4 cm³/mol. The normalized spacial score (nSPS) is 13.4. The highest BCUT2D eigenvalue weighted by Crippen LogP contribution is 2.14. The molecule has 0 saturated carbocycles. The van der Waals surface area contributed by atoms with Crippen LogP contribution in [0.2, 0.25) is 0 Å². The third-order valence-corrected chi connectivity index (χ3v) is 3.34. The Balaban J connectivity index is 2.46. The Kier molecular flexibility index (Phi) is 6.33. The van der Waals surface area contributed by atoms with Gasteiger partial charge in [0, 0.05) is 6.08 Å². The van der Waals surface area contributed by atoms with Gasteiger partial charge in [-0.25, -0.2) is 4.79 Å². The van der Waals surface area contributed by atoms with Gasteiger partial charge in [-0.05, 0) is 24.5 Å². The number of carbonyl (C=O) groups is 2. The summed E-state index contributed by atoms with van der Waals surface area (Å²) in [6.45, 7) is 4.88. The van der Waals surface area contributed by atoms with E-state index in [1.807, 2.05) is 44.2 Å². The minimum Gasteiger partial charge on any atom is -0.452 e. The van der Waals surface area contributed by atoms with E-state index in [-0.39, 0.29) is 5.92 Å². The van der Waals surface area contributed by atoms with Crippen molar-refractivity contribution >= 4 is 18.0 Å². The summed E-state index contributed by atoms with van der Waals surface area (Å²) >= 11 is 0. The van der Waals surface area contributed by atoms with Crippen molar-refractivity contribution < 1.29 is 14.3 Å². The minimum atomic E-state index is -0.983. The highest BCUT2D eigenvalue weighted by molar-refractivity contribution is 5.89. The summed E-state index contributed by atoms with van der Waals surface area (Å²) in [4.78, 5) is 23.3. The van der Waals surface area contributed by atoms with Gasteiger partial charge in [-0.15, -0.1) is 0 Å². The molecule has 5 heteroatoms. The molecule has 0 spiro atoms. The van der Waals surface area contributed by atoms with Crippen molar-refractivity contribution in [2.24, 2.45) is 5.92 Å². The first-order valence-electron chi connectivity index (χ1n) is 6.99. The zero-order chi connectivity index (χ0) is 16.6. The first kappa shape index (κ1) is 17.4. The lowest BCUT2D eigenvalue weighted by molar-refractivity contribution is -0.144. The second kappa shape index (κ2) is 7.99. The van der Waals surface area contributed by atoms with Crippen LogP contribution < -0.4 is 5.32 Å². The van der Waals surface area contributed by atoms with Crippen LogP contribution in [0, 0.1) is 17.2 Å². The molecule has 1 rings (SSSR count). The largest absolute Gasteiger partial charge is 0.452 e. The van der Waals surface area contributed by atoms with Gasteiger partial charge in [-0.3, -0.25) is 4.79 Å². The molecule has 0 fully saturated rings. The molecule has 0 heterocycles. The molecule has 1 N–H and O–H groups in total. The maximum Gasteiger partial charge on any atom is 0.331 e. The maximum absolute atomic E-state index is 11.7. The van der Waals surface area contributed by atoms with Crippen LogP contribution >= 0.6 is 0 Å². The molecule has 0 aliphatic heterocycles. The second-order valence-corrected chi connectivity index (χ2v) is 5.37. The van der Waals surface area contributed by atoms with E-state index in [2.05, 4.69) is 11.4 Å². The Labute approximate surface area is 130 Å². The average Bonchev–Trinajstić information content (AvgIpc) is 2.51. The monoisotopic (exact) mass is 300 g/mol. The van der Waals surface area contributed by atoms with E-state index < -0.39 is 24.0 Å². The first-order chi connectivity index (χ1) is 10.4. The SMILES string of the molecule is CC(C)[C@](C)(C#N)NC(=O)COC(=O)/C=C/c1ccccc1. The quantitative estimate of drug-likeness (QED) is 0.646. The number of benzene rings is 1. The maximum atomic E-state index is 11.7. The lowest BCUT2D eigenvalue weighted by Gasteiger charge is -2.27. The molecule has 1 aromatic rings. The number of nitrogens with one attached hydrogen (secondary N) is 1. The van der Waals surface area contributed by atoms with Crippen molar-refractivity contribution in [2.45, 2.75) is 26.3 Å². The van der Waals surface area contributed by atoms with E-state index in [0.29, 0.717) is 0 Å². The molecule has 0 aliphatic rings. The summed E-state index contributed by atoms with van der Waals surface area (Å²) in [6.07, 6.45) is 2.86. The Morgan fingerprint density at radius 3 is 2.55 bits per heavy atom. The molecule has 0 radical (unpaired) electrons. The van der Waals surface area contributed by atoms with E-state index in [0.717, 1.165) is 5.56 Å². The van der Waals surface area contributed by atoms with Crippen molar-refractivity contribution in [3.8, 4) is 6.07 Å². The number of carbonyl (C=O) groups excluding carboxylic acids is 2. The summed E-state index contributed by atoms with van der Waals surface area (Å²) in [5.41, 5.74) is -0.121. The van der Waals surface area contributed by atoms with Gasteiger partial charge in [0.1, 0.15) is 5.54 Å². The van der Waals surface area contributed by atoms with Crippen molar-refractivity contribution in [1.29, 1.82) is 5.26 Å². The molecule has 0 aromatic heterocycles. The molecule has 1 amide bonds. The van der Waals surface area contributed by atoms with Gasteiger partial charge in [-0.1, -0.05) is 44.2 Å². The van der Waals surface area contributed by atoms with Crippen LogP contribution in [-0.4, -0.2) is 24.0 Å². The number of ether oxygens (including phenoxy) is 1. The number of nitrogens with zero attached hydrogens (tertiary/aromatic N) is 1. The number of nitriles is 1.